The van der Waals surface area contributed by atoms with E-state index in [1.807, 2.05) is 6.07 Å². The number of nitrogens with zero attached hydrogens (tertiary/aromatic N) is 2. The van der Waals surface area contributed by atoms with Crippen molar-refractivity contribution in [3.8, 4) is 6.07 Å². The molecule has 0 saturated heterocycles. The lowest BCUT2D eigenvalue weighted by Gasteiger charge is -2.08. The maximum Gasteiger partial charge on any atom is 0.270 e. The molecule has 0 aliphatic heterocycles. The summed E-state index contributed by atoms with van der Waals surface area (Å²) in [7, 11) is 0. The summed E-state index contributed by atoms with van der Waals surface area (Å²) < 4.78 is 0.431. The number of para-hydroxylation sites is 1. The number of carbonyl (C=O) groups is 1. The molecular weight excluding hydrogens is 338 g/mol. The summed E-state index contributed by atoms with van der Waals surface area (Å²) in [5.41, 5.74) is 0.602. The summed E-state index contributed by atoms with van der Waals surface area (Å²) >= 11 is 3.18. The van der Waals surface area contributed by atoms with Crippen molar-refractivity contribution >= 4 is 33.2 Å². The summed E-state index contributed by atoms with van der Waals surface area (Å²) in [4.78, 5) is 22.4. The highest BCUT2D eigenvalue weighted by atomic mass is 79.9. The molecule has 0 radical (unpaired) electrons. The van der Waals surface area contributed by atoms with Gasteiger partial charge in [0.25, 0.3) is 11.6 Å². The van der Waals surface area contributed by atoms with Gasteiger partial charge in [0.05, 0.1) is 21.7 Å². The van der Waals surface area contributed by atoms with Gasteiger partial charge in [-0.3, -0.25) is 14.9 Å². The number of anilines is 1. The first-order valence-electron chi connectivity index (χ1n) is 5.77. The lowest BCUT2D eigenvalue weighted by atomic mass is 10.1. The summed E-state index contributed by atoms with van der Waals surface area (Å²) in [6.07, 6.45) is 0. The molecule has 104 valence electrons. The van der Waals surface area contributed by atoms with Crippen molar-refractivity contribution in [1.82, 2.24) is 0 Å². The lowest BCUT2D eigenvalue weighted by molar-refractivity contribution is -0.384. The maximum atomic E-state index is 12.2. The van der Waals surface area contributed by atoms with Crippen LogP contribution in [0, 0.1) is 21.4 Å². The Morgan fingerprint density at radius 2 is 2.00 bits per heavy atom. The summed E-state index contributed by atoms with van der Waals surface area (Å²) in [5.74, 6) is -0.534. The fourth-order valence-corrected chi connectivity index (χ4v) is 2.11. The standard InChI is InChI=1S/C14H8BrN3O3/c15-12-6-5-10(18(20)21)7-11(12)14(19)17-13-4-2-1-3-9(13)8-16/h1-7H,(H,17,19). The molecule has 7 heteroatoms. The third-order valence-corrected chi connectivity index (χ3v) is 3.39. The molecule has 0 spiro atoms. The average molecular weight is 346 g/mol. The summed E-state index contributed by atoms with van der Waals surface area (Å²) in [6, 6.07) is 12.4. The number of non-ortho nitro benzene ring substituents is 1. The fourth-order valence-electron chi connectivity index (χ4n) is 1.68. The molecule has 0 aliphatic carbocycles. The Hall–Kier alpha value is -2.72. The van der Waals surface area contributed by atoms with Crippen LogP contribution in [0.15, 0.2) is 46.9 Å². The number of nitriles is 1. The topological polar surface area (TPSA) is 96.0 Å². The van der Waals surface area contributed by atoms with E-state index in [0.717, 1.165) is 0 Å². The molecule has 1 amide bonds. The van der Waals surface area contributed by atoms with Crippen LogP contribution in [-0.4, -0.2) is 10.8 Å². The highest BCUT2D eigenvalue weighted by Gasteiger charge is 2.16. The molecule has 0 unspecified atom stereocenters. The van der Waals surface area contributed by atoms with Gasteiger partial charge in [-0.25, -0.2) is 0 Å². The second kappa shape index (κ2) is 6.15. The Morgan fingerprint density at radius 1 is 1.29 bits per heavy atom. The van der Waals surface area contributed by atoms with Crippen LogP contribution >= 0.6 is 15.9 Å². The van der Waals surface area contributed by atoms with Gasteiger partial charge < -0.3 is 5.32 Å². The second-order valence-electron chi connectivity index (χ2n) is 4.03. The van der Waals surface area contributed by atoms with Gasteiger partial charge in [0.15, 0.2) is 0 Å². The Kier molecular flexibility index (Phi) is 4.30. The molecule has 0 bridgehead atoms. The number of hydrogen-bond donors (Lipinski definition) is 1. The number of carbonyl (C=O) groups excluding carboxylic acids is 1. The van der Waals surface area contributed by atoms with Crippen molar-refractivity contribution < 1.29 is 9.72 Å². The van der Waals surface area contributed by atoms with E-state index < -0.39 is 10.8 Å². The first-order chi connectivity index (χ1) is 10.0. The monoisotopic (exact) mass is 345 g/mol. The van der Waals surface area contributed by atoms with Crippen molar-refractivity contribution in [2.75, 3.05) is 5.32 Å². The van der Waals surface area contributed by atoms with E-state index >= 15 is 0 Å². The lowest BCUT2D eigenvalue weighted by Crippen LogP contribution is -2.13. The normalized spacial score (nSPS) is 9.71. The minimum absolute atomic E-state index is 0.122. The first-order valence-corrected chi connectivity index (χ1v) is 6.56. The first kappa shape index (κ1) is 14.7. The van der Waals surface area contributed by atoms with Gasteiger partial charge >= 0.3 is 0 Å². The zero-order valence-corrected chi connectivity index (χ0v) is 12.1. The van der Waals surface area contributed by atoms with Crippen molar-refractivity contribution in [3.63, 3.8) is 0 Å². The second-order valence-corrected chi connectivity index (χ2v) is 4.89. The van der Waals surface area contributed by atoms with Gasteiger partial charge in [-0.1, -0.05) is 12.1 Å². The van der Waals surface area contributed by atoms with E-state index in [9.17, 15) is 14.9 Å². The highest BCUT2D eigenvalue weighted by Crippen LogP contribution is 2.24. The van der Waals surface area contributed by atoms with E-state index in [0.29, 0.717) is 15.7 Å². The molecule has 0 heterocycles. The van der Waals surface area contributed by atoms with Crippen LogP contribution in [0.2, 0.25) is 0 Å². The molecule has 2 rings (SSSR count). The quantitative estimate of drug-likeness (QED) is 0.680. The SMILES string of the molecule is N#Cc1ccccc1NC(=O)c1cc([N+](=O)[O-])ccc1Br. The van der Waals surface area contributed by atoms with Crippen molar-refractivity contribution in [2.45, 2.75) is 0 Å². The largest absolute Gasteiger partial charge is 0.321 e. The zero-order valence-electron chi connectivity index (χ0n) is 10.5. The minimum atomic E-state index is -0.577. The smallest absolute Gasteiger partial charge is 0.270 e. The van der Waals surface area contributed by atoms with Gasteiger partial charge in [0.2, 0.25) is 0 Å². The molecule has 0 aliphatic rings. The Balaban J connectivity index is 2.35. The third-order valence-electron chi connectivity index (χ3n) is 2.70. The van der Waals surface area contributed by atoms with Crippen LogP contribution in [0.3, 0.4) is 0 Å². The van der Waals surface area contributed by atoms with Crippen molar-refractivity contribution in [2.24, 2.45) is 0 Å². The number of nitro groups is 1. The van der Waals surface area contributed by atoms with E-state index in [1.165, 1.54) is 18.2 Å². The predicted octanol–water partition coefficient (Wildman–Crippen LogP) is 3.48. The van der Waals surface area contributed by atoms with Crippen LogP contribution in [0.4, 0.5) is 11.4 Å². The van der Waals surface area contributed by atoms with Crippen LogP contribution in [0.25, 0.3) is 0 Å². The molecule has 0 aromatic heterocycles. The van der Waals surface area contributed by atoms with Crippen LogP contribution in [0.5, 0.6) is 0 Å². The van der Waals surface area contributed by atoms with Crippen LogP contribution in [0.1, 0.15) is 15.9 Å². The summed E-state index contributed by atoms with van der Waals surface area (Å²) in [5, 5.41) is 22.3. The predicted molar refractivity (Wildman–Crippen MR) is 79.9 cm³/mol. The maximum absolute atomic E-state index is 12.2. The Labute approximate surface area is 128 Å². The number of benzene rings is 2. The molecule has 2 aromatic rings. The van der Waals surface area contributed by atoms with Crippen LogP contribution in [-0.2, 0) is 0 Å². The zero-order chi connectivity index (χ0) is 15.4. The molecule has 0 fully saturated rings. The Bertz CT molecular complexity index is 768. The molecule has 21 heavy (non-hydrogen) atoms. The van der Waals surface area contributed by atoms with Gasteiger partial charge in [-0.05, 0) is 34.1 Å². The number of rotatable bonds is 3. The van der Waals surface area contributed by atoms with Gasteiger partial charge in [-0.2, -0.15) is 5.26 Å². The van der Waals surface area contributed by atoms with E-state index in [4.69, 9.17) is 5.26 Å². The Morgan fingerprint density at radius 3 is 2.67 bits per heavy atom. The highest BCUT2D eigenvalue weighted by molar-refractivity contribution is 9.10. The van der Waals surface area contributed by atoms with Gasteiger partial charge in [0, 0.05) is 16.6 Å². The number of nitrogens with one attached hydrogen (secondary N) is 1. The van der Waals surface area contributed by atoms with Crippen LogP contribution < -0.4 is 5.32 Å². The van der Waals surface area contributed by atoms with E-state index in [1.54, 1.807) is 24.3 Å². The van der Waals surface area contributed by atoms with Gasteiger partial charge in [-0.15, -0.1) is 0 Å². The number of amides is 1. The summed E-state index contributed by atoms with van der Waals surface area (Å²) in [6.45, 7) is 0. The number of halogens is 1. The molecular formula is C14H8BrN3O3. The van der Waals surface area contributed by atoms with E-state index in [-0.39, 0.29) is 11.3 Å². The number of hydrogen-bond acceptors (Lipinski definition) is 4. The molecule has 2 aromatic carbocycles. The van der Waals surface area contributed by atoms with Crippen molar-refractivity contribution in [3.05, 3.63) is 68.2 Å². The van der Waals surface area contributed by atoms with E-state index in [2.05, 4.69) is 21.2 Å². The molecule has 6 nitrogen and oxygen atoms in total. The molecule has 0 saturated carbocycles. The molecule has 0 atom stereocenters. The average Bonchev–Trinajstić information content (AvgIpc) is 2.47. The fraction of sp³-hybridized carbons (Fsp3) is 0. The molecule has 1 N–H and O–H groups in total. The number of nitro benzene ring substituents is 1. The third kappa shape index (κ3) is 3.24. The van der Waals surface area contributed by atoms with Crippen molar-refractivity contribution in [1.29, 1.82) is 5.26 Å². The minimum Gasteiger partial charge on any atom is -0.321 e. The van der Waals surface area contributed by atoms with Gasteiger partial charge in [0.1, 0.15) is 6.07 Å².